The molecule has 2 aliphatic rings. The number of H-pyrrole nitrogens is 1. The summed E-state index contributed by atoms with van der Waals surface area (Å²) in [5.74, 6) is -1.87. The predicted octanol–water partition coefficient (Wildman–Crippen LogP) is 5.30. The Morgan fingerprint density at radius 1 is 1.23 bits per heavy atom. The molecule has 1 aromatic carbocycles. The van der Waals surface area contributed by atoms with E-state index >= 15 is 4.39 Å². The van der Waals surface area contributed by atoms with Gasteiger partial charge in [0.1, 0.15) is 5.82 Å². The first-order valence-electron chi connectivity index (χ1n) is 12.0. The first kappa shape index (κ1) is 22.2. The lowest BCUT2D eigenvalue weighted by Gasteiger charge is -2.27. The molecule has 1 aliphatic heterocycles. The zero-order valence-electron chi connectivity index (χ0n) is 19.4. The number of ether oxygens (including phenoxy) is 1. The number of rotatable bonds is 4. The van der Waals surface area contributed by atoms with E-state index < -0.39 is 11.6 Å². The van der Waals surface area contributed by atoms with Crippen LogP contribution in [0.4, 0.5) is 8.78 Å². The summed E-state index contributed by atoms with van der Waals surface area (Å²) >= 11 is 0. The van der Waals surface area contributed by atoms with Gasteiger partial charge in [0.25, 0.3) is 0 Å². The minimum absolute atomic E-state index is 0.0329. The van der Waals surface area contributed by atoms with Crippen molar-refractivity contribution in [2.24, 2.45) is 0 Å². The lowest BCUT2D eigenvalue weighted by atomic mass is 9.86. The molecule has 0 unspecified atom stereocenters. The van der Waals surface area contributed by atoms with Crippen molar-refractivity contribution >= 4 is 28.0 Å². The van der Waals surface area contributed by atoms with Gasteiger partial charge in [0.2, 0.25) is 5.67 Å². The average Bonchev–Trinajstić information content (AvgIpc) is 3.55. The van der Waals surface area contributed by atoms with Gasteiger partial charge in [0, 0.05) is 41.5 Å². The Kier molecular flexibility index (Phi) is 5.14. The number of benzene rings is 1. The third-order valence-electron chi connectivity index (χ3n) is 7.68. The minimum Gasteiger partial charge on any atom is -0.479 e. The lowest BCUT2D eigenvalue weighted by molar-refractivity contribution is -0.150. The van der Waals surface area contributed by atoms with Crippen molar-refractivity contribution in [3.63, 3.8) is 0 Å². The molecule has 2 N–H and O–H groups in total. The fourth-order valence-corrected chi connectivity index (χ4v) is 5.87. The highest BCUT2D eigenvalue weighted by molar-refractivity contribution is 5.94. The van der Waals surface area contributed by atoms with Gasteiger partial charge < -0.3 is 14.4 Å². The Balaban J connectivity index is 1.67. The monoisotopic (exact) mass is 480 g/mol. The maximum absolute atomic E-state index is 15.3. The van der Waals surface area contributed by atoms with Gasteiger partial charge in [0.05, 0.1) is 17.2 Å². The highest BCUT2D eigenvalue weighted by atomic mass is 19.1. The molecule has 1 saturated carbocycles. The van der Waals surface area contributed by atoms with Crippen LogP contribution >= 0.6 is 0 Å². The number of pyridine rings is 1. The number of carbonyl (C=O) groups is 1. The Hall–Kier alpha value is -3.33. The molecular formula is C26H26F2N4O3. The summed E-state index contributed by atoms with van der Waals surface area (Å²) < 4.78 is 37.2. The maximum atomic E-state index is 15.3. The molecule has 1 saturated heterocycles. The van der Waals surface area contributed by atoms with Crippen molar-refractivity contribution in [1.82, 2.24) is 19.7 Å². The minimum atomic E-state index is -2.25. The van der Waals surface area contributed by atoms with Gasteiger partial charge in [-0.05, 0) is 74.8 Å². The van der Waals surface area contributed by atoms with Gasteiger partial charge in [-0.2, -0.15) is 5.10 Å². The molecule has 0 spiro atoms. The molecule has 6 rings (SSSR count). The van der Waals surface area contributed by atoms with Crippen LogP contribution in [-0.4, -0.2) is 49.7 Å². The SMILES string of the molecule is Cc1cc(-n2c(C3CCOCC3)c([C@@H]3CC[C@@](F)(C(=O)O)C3)c3nc4[nH]ncc4cc32)ccc1F. The number of carboxylic acid groups (broad SMARTS) is 1. The molecule has 2 fully saturated rings. The number of aryl methyl sites for hydroxylation is 1. The number of aromatic nitrogens is 4. The molecule has 7 nitrogen and oxygen atoms in total. The largest absolute Gasteiger partial charge is 0.479 e. The predicted molar refractivity (Wildman–Crippen MR) is 126 cm³/mol. The van der Waals surface area contributed by atoms with E-state index in [9.17, 15) is 14.3 Å². The Labute approximate surface area is 200 Å². The highest BCUT2D eigenvalue weighted by Crippen LogP contribution is 2.50. The topological polar surface area (TPSA) is 93.0 Å². The zero-order valence-corrected chi connectivity index (χ0v) is 19.4. The van der Waals surface area contributed by atoms with Crippen LogP contribution in [0.5, 0.6) is 0 Å². The van der Waals surface area contributed by atoms with Crippen LogP contribution in [0.15, 0.2) is 30.5 Å². The number of fused-ring (bicyclic) bond motifs is 2. The standard InChI is InChI=1S/C26H26F2N4O3/c1-14-10-18(2-3-19(14)27)32-20-11-17-13-29-31-24(17)30-22(20)21(23(32)15-5-8-35-9-6-15)16-4-7-26(28,12-16)25(33)34/h2-3,10-11,13,15-16H,4-9,12H2,1H3,(H,33,34)(H,29,30,31)/t16-,26+/m1/s1. The summed E-state index contributed by atoms with van der Waals surface area (Å²) in [4.78, 5) is 16.6. The van der Waals surface area contributed by atoms with Gasteiger partial charge in [-0.25, -0.2) is 18.6 Å². The molecule has 1 aliphatic carbocycles. The van der Waals surface area contributed by atoms with Crippen LogP contribution in [0.2, 0.25) is 0 Å². The fraction of sp³-hybridized carbons (Fsp3) is 0.423. The van der Waals surface area contributed by atoms with Crippen LogP contribution in [0.3, 0.4) is 0 Å². The van der Waals surface area contributed by atoms with Gasteiger partial charge >= 0.3 is 5.97 Å². The van der Waals surface area contributed by atoms with Crippen molar-refractivity contribution in [1.29, 1.82) is 0 Å². The van der Waals surface area contributed by atoms with Crippen LogP contribution < -0.4 is 0 Å². The molecule has 182 valence electrons. The van der Waals surface area contributed by atoms with E-state index in [1.54, 1.807) is 19.2 Å². The molecule has 0 amide bonds. The second-order valence-electron chi connectivity index (χ2n) is 9.83. The van der Waals surface area contributed by atoms with E-state index in [2.05, 4.69) is 14.8 Å². The number of nitrogens with zero attached hydrogens (tertiary/aromatic N) is 3. The summed E-state index contributed by atoms with van der Waals surface area (Å²) in [6.45, 7) is 2.95. The van der Waals surface area contributed by atoms with Gasteiger partial charge in [-0.3, -0.25) is 5.10 Å². The lowest BCUT2D eigenvalue weighted by Crippen LogP contribution is -2.30. The number of aromatic amines is 1. The van der Waals surface area contributed by atoms with Gasteiger partial charge in [-0.1, -0.05) is 0 Å². The van der Waals surface area contributed by atoms with Crippen molar-refractivity contribution in [2.45, 2.75) is 56.5 Å². The van der Waals surface area contributed by atoms with Crippen LogP contribution in [-0.2, 0) is 9.53 Å². The van der Waals surface area contributed by atoms with Gasteiger partial charge in [0.15, 0.2) is 5.65 Å². The Morgan fingerprint density at radius 2 is 2.03 bits per heavy atom. The summed E-state index contributed by atoms with van der Waals surface area (Å²) in [6.07, 6.45) is 3.57. The number of alkyl halides is 1. The third kappa shape index (κ3) is 3.52. The van der Waals surface area contributed by atoms with Gasteiger partial charge in [-0.15, -0.1) is 0 Å². The summed E-state index contributed by atoms with van der Waals surface area (Å²) in [5, 5.41) is 17.4. The molecule has 0 radical (unpaired) electrons. The smallest absolute Gasteiger partial charge is 0.341 e. The molecule has 4 heterocycles. The number of carboxylic acids is 1. The Bertz CT molecular complexity index is 1460. The maximum Gasteiger partial charge on any atom is 0.341 e. The second kappa shape index (κ2) is 8.12. The van der Waals surface area contributed by atoms with E-state index in [1.165, 1.54) is 6.07 Å². The fourth-order valence-electron chi connectivity index (χ4n) is 5.87. The van der Waals surface area contributed by atoms with Crippen LogP contribution in [0.25, 0.3) is 27.8 Å². The number of hydrogen-bond acceptors (Lipinski definition) is 4. The number of halogens is 2. The summed E-state index contributed by atoms with van der Waals surface area (Å²) in [7, 11) is 0. The second-order valence-corrected chi connectivity index (χ2v) is 9.83. The highest BCUT2D eigenvalue weighted by Gasteiger charge is 2.48. The summed E-state index contributed by atoms with van der Waals surface area (Å²) in [6, 6.07) is 7.02. The van der Waals surface area contributed by atoms with Crippen LogP contribution in [0.1, 0.15) is 60.8 Å². The van der Waals surface area contributed by atoms with Crippen LogP contribution in [0, 0.1) is 12.7 Å². The van der Waals surface area contributed by atoms with Crippen molar-refractivity contribution < 1.29 is 23.4 Å². The summed E-state index contributed by atoms with van der Waals surface area (Å²) in [5.41, 5.74) is 3.12. The molecule has 35 heavy (non-hydrogen) atoms. The van der Waals surface area contributed by atoms with E-state index in [1.807, 2.05) is 12.1 Å². The average molecular weight is 481 g/mol. The molecule has 9 heteroatoms. The quantitative estimate of drug-likeness (QED) is 0.413. The molecule has 3 aromatic heterocycles. The third-order valence-corrected chi connectivity index (χ3v) is 7.68. The molecule has 0 bridgehead atoms. The Morgan fingerprint density at radius 3 is 2.74 bits per heavy atom. The van der Waals surface area contributed by atoms with Crippen molar-refractivity contribution in [2.75, 3.05) is 13.2 Å². The van der Waals surface area contributed by atoms with E-state index in [0.29, 0.717) is 36.4 Å². The van der Waals surface area contributed by atoms with E-state index in [4.69, 9.17) is 9.72 Å². The van der Waals surface area contributed by atoms with Crippen molar-refractivity contribution in [3.05, 3.63) is 53.1 Å². The first-order chi connectivity index (χ1) is 16.9. The normalized spacial score (nSPS) is 23.5. The molecular weight excluding hydrogens is 454 g/mol. The van der Waals surface area contributed by atoms with E-state index in [0.717, 1.165) is 40.7 Å². The van der Waals surface area contributed by atoms with Crippen molar-refractivity contribution in [3.8, 4) is 5.69 Å². The zero-order chi connectivity index (χ0) is 24.3. The number of hydrogen-bond donors (Lipinski definition) is 2. The first-order valence-corrected chi connectivity index (χ1v) is 12.0. The number of aliphatic carboxylic acids is 1. The van der Waals surface area contributed by atoms with E-state index in [-0.39, 0.29) is 30.5 Å². The molecule has 4 aromatic rings. The molecule has 2 atom stereocenters. The number of nitrogens with one attached hydrogen (secondary N) is 1.